The highest BCUT2D eigenvalue weighted by Crippen LogP contribution is 2.49. The number of nitrogens with zero attached hydrogens (tertiary/aromatic N) is 4. The molecule has 1 aliphatic heterocycles. The van der Waals surface area contributed by atoms with Gasteiger partial charge in [-0.3, -0.25) is 13.9 Å². The zero-order valence-electron chi connectivity index (χ0n) is 22.7. The van der Waals surface area contributed by atoms with Gasteiger partial charge in [0.2, 0.25) is 5.95 Å². The summed E-state index contributed by atoms with van der Waals surface area (Å²) in [6, 6.07) is 7.01. The average Bonchev–Trinajstić information content (AvgIpc) is 3.45. The number of alkyl halides is 2. The van der Waals surface area contributed by atoms with E-state index in [-0.39, 0.29) is 17.3 Å². The first kappa shape index (κ1) is 30.9. The number of para-hydroxylation sites is 1. The quantitative estimate of drug-likeness (QED) is 0.133. The van der Waals surface area contributed by atoms with Gasteiger partial charge in [0.25, 0.3) is 0 Å². The minimum absolute atomic E-state index is 0.0855. The Balaban J connectivity index is 1.59. The SMILES string of the molecule is CNc1nc(N)nc2c1ncn2[C@@H]1O[C@H](CO[P@@](=O)(N[C@@H](C)C(=O)OC(C)C)Oc2ccccc2)[C@@H](O)[C@]1(Cl)CF. The predicted molar refractivity (Wildman–Crippen MR) is 148 cm³/mol. The molecular formula is C24H32ClFN7O7P. The lowest BCUT2D eigenvalue weighted by Crippen LogP contribution is -2.44. The zero-order valence-corrected chi connectivity index (χ0v) is 24.4. The Labute approximate surface area is 240 Å². The Morgan fingerprint density at radius 3 is 2.66 bits per heavy atom. The molecule has 0 unspecified atom stereocenters. The van der Waals surface area contributed by atoms with E-state index in [9.17, 15) is 18.9 Å². The number of esters is 1. The van der Waals surface area contributed by atoms with Crippen LogP contribution >= 0.6 is 19.3 Å². The normalized spacial score (nSPS) is 24.7. The Morgan fingerprint density at radius 1 is 1.32 bits per heavy atom. The highest BCUT2D eigenvalue weighted by molar-refractivity contribution is 7.52. The van der Waals surface area contributed by atoms with E-state index in [1.54, 1.807) is 39.1 Å². The van der Waals surface area contributed by atoms with Crippen molar-refractivity contribution in [3.05, 3.63) is 36.7 Å². The van der Waals surface area contributed by atoms with Crippen molar-refractivity contribution in [3.63, 3.8) is 0 Å². The minimum Gasteiger partial charge on any atom is -0.462 e. The van der Waals surface area contributed by atoms with E-state index < -0.39 is 62.5 Å². The average molecular weight is 616 g/mol. The summed E-state index contributed by atoms with van der Waals surface area (Å²) < 4.78 is 51.9. The Bertz CT molecular complexity index is 1420. The fraction of sp³-hybridized carbons (Fsp3) is 0.500. The second kappa shape index (κ2) is 12.4. The van der Waals surface area contributed by atoms with Gasteiger partial charge in [-0.25, -0.2) is 13.9 Å². The number of imidazole rings is 1. The fourth-order valence-electron chi connectivity index (χ4n) is 4.17. The predicted octanol–water partition coefficient (Wildman–Crippen LogP) is 2.79. The van der Waals surface area contributed by atoms with Crippen LogP contribution in [0.1, 0.15) is 27.0 Å². The van der Waals surface area contributed by atoms with Gasteiger partial charge in [0.05, 0.1) is 19.0 Å². The molecule has 6 atom stereocenters. The van der Waals surface area contributed by atoms with E-state index in [1.807, 2.05) is 0 Å². The number of carbonyl (C=O) groups excluding carboxylic acids is 1. The second-order valence-electron chi connectivity index (χ2n) is 9.57. The van der Waals surface area contributed by atoms with E-state index >= 15 is 0 Å². The maximum Gasteiger partial charge on any atom is 0.459 e. The second-order valence-corrected chi connectivity index (χ2v) is 12.0. The highest BCUT2D eigenvalue weighted by atomic mass is 35.5. The van der Waals surface area contributed by atoms with Gasteiger partial charge >= 0.3 is 13.7 Å². The van der Waals surface area contributed by atoms with Crippen LogP contribution in [0.15, 0.2) is 36.7 Å². The van der Waals surface area contributed by atoms with Gasteiger partial charge in [-0.05, 0) is 32.9 Å². The van der Waals surface area contributed by atoms with Gasteiger partial charge in [-0.1, -0.05) is 18.2 Å². The van der Waals surface area contributed by atoms with Crippen molar-refractivity contribution < 1.29 is 37.4 Å². The van der Waals surface area contributed by atoms with Crippen molar-refractivity contribution in [1.29, 1.82) is 0 Å². The van der Waals surface area contributed by atoms with Crippen LogP contribution in [0.25, 0.3) is 11.2 Å². The Kier molecular flexibility index (Phi) is 9.36. The van der Waals surface area contributed by atoms with Crippen LogP contribution in [-0.2, 0) is 23.4 Å². The van der Waals surface area contributed by atoms with Gasteiger partial charge in [-0.2, -0.15) is 15.1 Å². The summed E-state index contributed by atoms with van der Waals surface area (Å²) in [5.41, 5.74) is 6.31. The van der Waals surface area contributed by atoms with Crippen molar-refractivity contribution >= 4 is 48.2 Å². The molecular weight excluding hydrogens is 584 g/mol. The van der Waals surface area contributed by atoms with E-state index in [0.717, 1.165) is 0 Å². The molecule has 0 amide bonds. The molecule has 3 heterocycles. The van der Waals surface area contributed by atoms with Gasteiger partial charge in [0.1, 0.15) is 35.5 Å². The molecule has 3 aromatic rings. The van der Waals surface area contributed by atoms with Crippen LogP contribution in [0, 0.1) is 0 Å². The minimum atomic E-state index is -4.30. The topological polar surface area (TPSA) is 185 Å². The lowest BCUT2D eigenvalue weighted by Gasteiger charge is -2.27. The molecule has 224 valence electrons. The van der Waals surface area contributed by atoms with Crippen molar-refractivity contribution in [2.75, 3.05) is 31.4 Å². The third-order valence-corrected chi connectivity index (χ3v) is 8.28. The number of hydrogen-bond donors (Lipinski definition) is 4. The van der Waals surface area contributed by atoms with Crippen molar-refractivity contribution in [1.82, 2.24) is 24.6 Å². The molecule has 2 aromatic heterocycles. The van der Waals surface area contributed by atoms with Gasteiger partial charge in [0.15, 0.2) is 23.2 Å². The smallest absolute Gasteiger partial charge is 0.459 e. The molecule has 0 bridgehead atoms. The number of carbonyl (C=O) groups is 1. The number of hydrogen-bond acceptors (Lipinski definition) is 12. The maximum absolute atomic E-state index is 14.4. The lowest BCUT2D eigenvalue weighted by atomic mass is 10.0. The summed E-state index contributed by atoms with van der Waals surface area (Å²) in [5, 5.41) is 16.4. The van der Waals surface area contributed by atoms with Crippen molar-refractivity contribution in [2.24, 2.45) is 0 Å². The van der Waals surface area contributed by atoms with Gasteiger partial charge in [-0.15, -0.1) is 11.6 Å². The number of rotatable bonds is 12. The zero-order chi connectivity index (χ0) is 29.9. The molecule has 14 nitrogen and oxygen atoms in total. The monoisotopic (exact) mass is 615 g/mol. The van der Waals surface area contributed by atoms with E-state index in [4.69, 9.17) is 35.9 Å². The van der Waals surface area contributed by atoms with E-state index in [0.29, 0.717) is 11.3 Å². The van der Waals surface area contributed by atoms with E-state index in [1.165, 1.54) is 30.0 Å². The van der Waals surface area contributed by atoms with Crippen molar-refractivity contribution in [3.8, 4) is 5.75 Å². The summed E-state index contributed by atoms with van der Waals surface area (Å²) >= 11 is 6.60. The molecule has 5 N–H and O–H groups in total. The number of ether oxygens (including phenoxy) is 2. The third-order valence-electron chi connectivity index (χ3n) is 6.13. The molecule has 0 radical (unpaired) electrons. The number of aliphatic hydroxyl groups is 1. The Morgan fingerprint density at radius 2 is 2.02 bits per heavy atom. The number of halogens is 2. The molecule has 17 heteroatoms. The summed E-state index contributed by atoms with van der Waals surface area (Å²) in [6.45, 7) is 2.98. The molecule has 1 fully saturated rings. The number of nitrogens with two attached hydrogens (primary N) is 1. The first-order valence-electron chi connectivity index (χ1n) is 12.6. The van der Waals surface area contributed by atoms with Gasteiger partial charge in [0, 0.05) is 7.05 Å². The summed E-state index contributed by atoms with van der Waals surface area (Å²) in [4.78, 5) is 22.9. The molecule has 4 rings (SSSR count). The van der Waals surface area contributed by atoms with Crippen LogP contribution in [0.2, 0.25) is 0 Å². The number of aromatic nitrogens is 4. The van der Waals surface area contributed by atoms with Crippen LogP contribution in [0.4, 0.5) is 16.2 Å². The number of aliphatic hydroxyl groups excluding tert-OH is 1. The molecule has 0 aliphatic carbocycles. The maximum atomic E-state index is 14.4. The molecule has 1 saturated heterocycles. The fourth-order valence-corrected chi connectivity index (χ4v) is 5.96. The molecule has 1 aliphatic rings. The molecule has 1 aromatic carbocycles. The molecule has 41 heavy (non-hydrogen) atoms. The third kappa shape index (κ3) is 6.55. The van der Waals surface area contributed by atoms with Crippen LogP contribution in [-0.4, -0.2) is 80.2 Å². The number of nitrogen functional groups attached to an aromatic ring is 1. The number of benzene rings is 1. The van der Waals surface area contributed by atoms with Crippen molar-refractivity contribution in [2.45, 2.75) is 56.2 Å². The summed E-state index contributed by atoms with van der Waals surface area (Å²) in [6.07, 6.45) is -3.37. The summed E-state index contributed by atoms with van der Waals surface area (Å²) in [7, 11) is -2.69. The van der Waals surface area contributed by atoms with Gasteiger partial charge < -0.3 is 30.2 Å². The molecule has 0 spiro atoms. The van der Waals surface area contributed by atoms with Crippen LogP contribution in [0.3, 0.4) is 0 Å². The lowest BCUT2D eigenvalue weighted by molar-refractivity contribution is -0.149. The first-order valence-corrected chi connectivity index (χ1v) is 14.6. The molecule has 0 saturated carbocycles. The summed E-state index contributed by atoms with van der Waals surface area (Å²) in [5.74, 6) is -0.279. The number of fused-ring (bicyclic) bond motifs is 1. The number of anilines is 2. The van der Waals surface area contributed by atoms with Crippen LogP contribution < -0.4 is 20.7 Å². The first-order chi connectivity index (χ1) is 19.4. The van der Waals surface area contributed by atoms with Crippen LogP contribution in [0.5, 0.6) is 5.75 Å². The Hall–Kier alpha value is -3.07. The number of nitrogens with one attached hydrogen (secondary N) is 2. The standard InChI is InChI=1S/C24H32ClFN7O7P/c1-13(2)38-21(35)14(3)32-41(36,40-15-8-6-5-7-9-15)37-10-16-18(34)24(25,11-26)22(39-16)33-12-29-17-19(28-4)30-23(27)31-20(17)33/h5-9,12-14,16,18,22,34H,10-11H2,1-4H3,(H,32,36)(H3,27,28,30,31)/t14-,16+,18+,22+,24+,41-/m0/s1. The largest absolute Gasteiger partial charge is 0.462 e. The van der Waals surface area contributed by atoms with E-state index in [2.05, 4.69) is 25.4 Å². The highest BCUT2D eigenvalue weighted by Gasteiger charge is 2.57.